The Morgan fingerprint density at radius 2 is 1.90 bits per heavy atom. The topological polar surface area (TPSA) is 61.8 Å². The van der Waals surface area contributed by atoms with Gasteiger partial charge in [0.2, 0.25) is 0 Å². The Hall–Kier alpha value is -2.13. The van der Waals surface area contributed by atoms with Crippen molar-refractivity contribution in [1.29, 1.82) is 0 Å². The van der Waals surface area contributed by atoms with Gasteiger partial charge in [-0.05, 0) is 46.4 Å². The number of rotatable bonds is 3. The lowest BCUT2D eigenvalue weighted by molar-refractivity contribution is 0.0240. The zero-order valence-corrected chi connectivity index (χ0v) is 19.2. The van der Waals surface area contributed by atoms with Crippen molar-refractivity contribution in [2.45, 2.75) is 32.9 Å². The lowest BCUT2D eigenvalue weighted by Crippen LogP contribution is -2.50. The summed E-state index contributed by atoms with van der Waals surface area (Å²) in [7, 11) is 5.47. The molecule has 30 heavy (non-hydrogen) atoms. The number of nitrogens with zero attached hydrogens (tertiary/aromatic N) is 5. The van der Waals surface area contributed by atoms with Crippen molar-refractivity contribution in [3.8, 4) is 0 Å². The van der Waals surface area contributed by atoms with Crippen LogP contribution in [0.1, 0.15) is 26.6 Å². The number of hydrogen-bond donors (Lipinski definition) is 0. The zero-order valence-electron chi connectivity index (χ0n) is 18.4. The van der Waals surface area contributed by atoms with Gasteiger partial charge in [0.05, 0.1) is 6.54 Å². The molecule has 3 rings (SSSR count). The Balaban J connectivity index is 1.92. The molecule has 0 saturated carbocycles. The van der Waals surface area contributed by atoms with Gasteiger partial charge in [0.1, 0.15) is 36.4 Å². The average molecular weight is 436 g/mol. The number of anilines is 1. The summed E-state index contributed by atoms with van der Waals surface area (Å²) < 4.78 is 20.4. The molecule has 1 saturated heterocycles. The molecule has 1 amide bonds. The second kappa shape index (κ2) is 8.55. The number of amides is 1. The smallest absolute Gasteiger partial charge is 0.410 e. The van der Waals surface area contributed by atoms with E-state index in [1.807, 2.05) is 39.8 Å². The van der Waals surface area contributed by atoms with Gasteiger partial charge in [-0.3, -0.25) is 0 Å². The number of ether oxygens (including phenoxy) is 1. The van der Waals surface area contributed by atoms with E-state index in [0.29, 0.717) is 60.2 Å². The van der Waals surface area contributed by atoms with E-state index in [1.54, 1.807) is 18.8 Å². The van der Waals surface area contributed by atoms with E-state index in [9.17, 15) is 9.18 Å². The second-order valence-electron chi connectivity index (χ2n) is 8.85. The molecular formula is C20H28BClFN5O2. The Morgan fingerprint density at radius 3 is 2.47 bits per heavy atom. The molecule has 0 bridgehead atoms. The van der Waals surface area contributed by atoms with Crippen LogP contribution in [0.15, 0.2) is 6.07 Å². The molecule has 0 unspecified atom stereocenters. The van der Waals surface area contributed by atoms with E-state index in [1.165, 1.54) is 0 Å². The van der Waals surface area contributed by atoms with Gasteiger partial charge in [-0.2, -0.15) is 0 Å². The van der Waals surface area contributed by atoms with Gasteiger partial charge in [0.25, 0.3) is 0 Å². The second-order valence-corrected chi connectivity index (χ2v) is 9.26. The maximum absolute atomic E-state index is 15.0. The summed E-state index contributed by atoms with van der Waals surface area (Å²) in [5.41, 5.74) is 0.109. The Kier molecular flexibility index (Phi) is 6.43. The van der Waals surface area contributed by atoms with E-state index in [4.69, 9.17) is 21.3 Å². The zero-order chi connectivity index (χ0) is 22.2. The van der Waals surface area contributed by atoms with E-state index >= 15 is 0 Å². The Morgan fingerprint density at radius 1 is 1.27 bits per heavy atom. The van der Waals surface area contributed by atoms with Crippen molar-refractivity contribution in [3.63, 3.8) is 0 Å². The first kappa shape index (κ1) is 22.6. The van der Waals surface area contributed by atoms with E-state index < -0.39 is 11.4 Å². The van der Waals surface area contributed by atoms with Gasteiger partial charge in [-0.25, -0.2) is 19.2 Å². The van der Waals surface area contributed by atoms with Crippen molar-refractivity contribution < 1.29 is 13.9 Å². The average Bonchev–Trinajstić information content (AvgIpc) is 2.65. The van der Waals surface area contributed by atoms with Crippen molar-refractivity contribution in [2.24, 2.45) is 0 Å². The van der Waals surface area contributed by atoms with Crippen molar-refractivity contribution >= 4 is 47.7 Å². The van der Waals surface area contributed by atoms with Gasteiger partial charge >= 0.3 is 6.09 Å². The number of hydrogen-bond acceptors (Lipinski definition) is 6. The van der Waals surface area contributed by atoms with Crippen molar-refractivity contribution in [3.05, 3.63) is 22.7 Å². The van der Waals surface area contributed by atoms with Crippen LogP contribution in [0.25, 0.3) is 10.9 Å². The number of carbonyl (C=O) groups is 1. The highest BCUT2D eigenvalue weighted by Crippen LogP contribution is 2.29. The molecule has 1 aliphatic rings. The van der Waals surface area contributed by atoms with E-state index in [2.05, 4.69) is 9.88 Å². The molecule has 162 valence electrons. The van der Waals surface area contributed by atoms with Gasteiger partial charge in [-0.15, -0.1) is 0 Å². The summed E-state index contributed by atoms with van der Waals surface area (Å²) in [6.07, 6.45) is -0.326. The number of carbonyl (C=O) groups excluding carboxylic acids is 1. The van der Waals surface area contributed by atoms with Crippen LogP contribution >= 0.6 is 11.6 Å². The molecule has 0 N–H and O–H groups in total. The summed E-state index contributed by atoms with van der Waals surface area (Å²) in [5.74, 6) is 0.757. The molecule has 0 aliphatic carbocycles. The van der Waals surface area contributed by atoms with Crippen molar-refractivity contribution in [1.82, 2.24) is 19.8 Å². The third-order valence-corrected chi connectivity index (χ3v) is 5.22. The monoisotopic (exact) mass is 435 g/mol. The summed E-state index contributed by atoms with van der Waals surface area (Å²) in [6.45, 7) is 8.13. The molecular weight excluding hydrogens is 408 g/mol. The lowest BCUT2D eigenvalue weighted by atomic mass is 9.93. The first-order valence-corrected chi connectivity index (χ1v) is 10.4. The minimum absolute atomic E-state index is 0.272. The quantitative estimate of drug-likeness (QED) is 0.685. The number of aromatic nitrogens is 2. The molecule has 1 aromatic heterocycles. The first-order valence-electron chi connectivity index (χ1n) is 9.99. The molecule has 1 aromatic carbocycles. The van der Waals surface area contributed by atoms with E-state index in [0.717, 1.165) is 0 Å². The van der Waals surface area contributed by atoms with Crippen LogP contribution in [0.2, 0.25) is 5.02 Å². The van der Waals surface area contributed by atoms with E-state index in [-0.39, 0.29) is 11.6 Å². The van der Waals surface area contributed by atoms with Crippen LogP contribution in [-0.2, 0) is 11.3 Å². The third-order valence-electron chi connectivity index (χ3n) is 4.83. The maximum atomic E-state index is 15.0. The molecule has 0 atom stereocenters. The fourth-order valence-corrected chi connectivity index (χ4v) is 3.53. The van der Waals surface area contributed by atoms with Crippen LogP contribution < -0.4 is 10.4 Å². The number of piperazine rings is 1. The maximum Gasteiger partial charge on any atom is 0.410 e. The number of fused-ring (bicyclic) bond motifs is 1. The first-order chi connectivity index (χ1) is 14.0. The molecule has 2 aromatic rings. The predicted molar refractivity (Wildman–Crippen MR) is 120 cm³/mol. The van der Waals surface area contributed by atoms with Crippen LogP contribution in [0.3, 0.4) is 0 Å². The summed E-state index contributed by atoms with van der Waals surface area (Å²) in [4.78, 5) is 27.2. The molecule has 1 fully saturated rings. The summed E-state index contributed by atoms with van der Waals surface area (Å²) in [6, 6.07) is 1.73. The van der Waals surface area contributed by atoms with Crippen LogP contribution in [0.5, 0.6) is 0 Å². The fraction of sp³-hybridized carbons (Fsp3) is 0.550. The highest BCUT2D eigenvalue weighted by molar-refractivity contribution is 6.46. The van der Waals surface area contributed by atoms with Crippen LogP contribution in [0, 0.1) is 5.82 Å². The van der Waals surface area contributed by atoms with Gasteiger partial charge in [0.15, 0.2) is 0 Å². The number of halogens is 2. The Labute approximate surface area is 182 Å². The molecule has 0 radical (unpaired) electrons. The Bertz CT molecular complexity index is 959. The fourth-order valence-electron chi connectivity index (χ4n) is 3.34. The molecule has 7 nitrogen and oxygen atoms in total. The predicted octanol–water partition coefficient (Wildman–Crippen LogP) is 1.80. The van der Waals surface area contributed by atoms with Gasteiger partial charge in [-0.1, -0.05) is 11.6 Å². The third kappa shape index (κ3) is 4.95. The van der Waals surface area contributed by atoms with Crippen LogP contribution in [-0.4, -0.2) is 79.6 Å². The SMILES string of the molecule is Bc1c(Cl)cc2c(N3CCN(C(=O)OC(C)(C)C)CC3)nc(CN(C)C)nc2c1F. The summed E-state index contributed by atoms with van der Waals surface area (Å²) >= 11 is 6.26. The van der Waals surface area contributed by atoms with Gasteiger partial charge in [0, 0.05) is 36.6 Å². The molecule has 10 heteroatoms. The molecule has 0 spiro atoms. The van der Waals surface area contributed by atoms with Crippen molar-refractivity contribution in [2.75, 3.05) is 45.2 Å². The van der Waals surface area contributed by atoms with Crippen LogP contribution in [0.4, 0.5) is 15.0 Å². The molecule has 1 aliphatic heterocycles. The lowest BCUT2D eigenvalue weighted by Gasteiger charge is -2.36. The minimum atomic E-state index is -0.537. The highest BCUT2D eigenvalue weighted by Gasteiger charge is 2.28. The normalized spacial score (nSPS) is 15.2. The minimum Gasteiger partial charge on any atom is -0.444 e. The highest BCUT2D eigenvalue weighted by atomic mass is 35.5. The number of benzene rings is 1. The largest absolute Gasteiger partial charge is 0.444 e. The molecule has 2 heterocycles. The van der Waals surface area contributed by atoms with Gasteiger partial charge < -0.3 is 19.4 Å². The standard InChI is InChI=1S/C20H28BClFN5O2/c1-20(2,3)30-19(29)28-8-6-27(7-9-28)18-12-10-13(22)15(21)16(23)17(12)24-14(25-18)11-26(4)5/h10H,6-9,11,21H2,1-5H3. The summed E-state index contributed by atoms with van der Waals surface area (Å²) in [5, 5.41) is 0.925.